The summed E-state index contributed by atoms with van der Waals surface area (Å²) in [4.78, 5) is 0. The number of hydrogen-bond donors (Lipinski definition) is 0. The predicted octanol–water partition coefficient (Wildman–Crippen LogP) is -3.23. The van der Waals surface area contributed by atoms with Crippen LogP contribution in [-0.2, 0) is 11.0 Å². The molecule has 16 valence electrons. The van der Waals surface area contributed by atoms with Crippen LogP contribution >= 0.6 is 0 Å². The van der Waals surface area contributed by atoms with Gasteiger partial charge < -0.3 is 11.0 Å². The van der Waals surface area contributed by atoms with Crippen LogP contribution in [0.1, 0.15) is 0 Å². The second-order valence-electron chi connectivity index (χ2n) is 0. The molecule has 0 amide bonds. The SMILES string of the molecule is [La+3].[Na+].[O-2].[O-2]. The molecular weight excluding hydrogens is 194 g/mol. The zero-order valence-corrected chi connectivity index (χ0v) is 8.02. The summed E-state index contributed by atoms with van der Waals surface area (Å²) in [5.41, 5.74) is 0. The van der Waals surface area contributed by atoms with Gasteiger partial charge in [0.05, 0.1) is 0 Å². The average Bonchev–Trinajstić information content (AvgIpc) is 0. The Morgan fingerprint density at radius 3 is 0.750 bits per heavy atom. The van der Waals surface area contributed by atoms with Gasteiger partial charge in [-0.15, -0.1) is 0 Å². The summed E-state index contributed by atoms with van der Waals surface area (Å²) in [5.74, 6) is 0. The molecular formula is LaNaO2. The van der Waals surface area contributed by atoms with Crippen LogP contribution in [-0.4, -0.2) is 0 Å². The summed E-state index contributed by atoms with van der Waals surface area (Å²) in [6.45, 7) is 0. The molecule has 0 aromatic rings. The molecule has 4 heavy (non-hydrogen) atoms. The van der Waals surface area contributed by atoms with Gasteiger partial charge in [-0.25, -0.2) is 0 Å². The predicted molar refractivity (Wildman–Crippen MR) is 1.37 cm³/mol. The smallest absolute Gasteiger partial charge is 2.00 e. The zero-order chi connectivity index (χ0) is 0. The molecule has 0 aliphatic heterocycles. The summed E-state index contributed by atoms with van der Waals surface area (Å²) in [6, 6.07) is 0. The molecule has 0 aliphatic rings. The van der Waals surface area contributed by atoms with E-state index in [1.807, 2.05) is 0 Å². The molecule has 0 aromatic carbocycles. The first-order valence-electron chi connectivity index (χ1n) is 0. The quantitative estimate of drug-likeness (QED) is 0.364. The van der Waals surface area contributed by atoms with E-state index in [1.54, 1.807) is 0 Å². The van der Waals surface area contributed by atoms with Crippen LogP contribution in [0.3, 0.4) is 0 Å². The molecule has 0 rings (SSSR count). The fraction of sp³-hybridized carbons (Fsp3) is 0. The first-order chi connectivity index (χ1) is 0. The Morgan fingerprint density at radius 1 is 0.750 bits per heavy atom. The van der Waals surface area contributed by atoms with Crippen LogP contribution < -0.4 is 29.6 Å². The fourth-order valence-corrected chi connectivity index (χ4v) is 0. The van der Waals surface area contributed by atoms with E-state index < -0.39 is 0 Å². The van der Waals surface area contributed by atoms with Crippen LogP contribution in [0.2, 0.25) is 0 Å². The van der Waals surface area contributed by atoms with Gasteiger partial charge in [0, 0.05) is 0 Å². The molecule has 0 aliphatic carbocycles. The molecule has 0 radical (unpaired) electrons. The molecule has 0 aromatic heterocycles. The van der Waals surface area contributed by atoms with Crippen LogP contribution in [0.25, 0.3) is 0 Å². The summed E-state index contributed by atoms with van der Waals surface area (Å²) in [6.07, 6.45) is 0. The second kappa shape index (κ2) is 19.4. The summed E-state index contributed by atoms with van der Waals surface area (Å²) >= 11 is 0. The van der Waals surface area contributed by atoms with Gasteiger partial charge in [0.15, 0.2) is 0 Å². The minimum atomic E-state index is 0. The molecule has 0 heterocycles. The van der Waals surface area contributed by atoms with E-state index >= 15 is 0 Å². The van der Waals surface area contributed by atoms with Crippen molar-refractivity contribution < 1.29 is 76.1 Å². The molecule has 0 fully saturated rings. The van der Waals surface area contributed by atoms with Crippen LogP contribution in [0.4, 0.5) is 0 Å². The first-order valence-corrected chi connectivity index (χ1v) is 0. The number of hydrogen-bond acceptors (Lipinski definition) is 0. The minimum absolute atomic E-state index is 0. The van der Waals surface area contributed by atoms with Crippen molar-refractivity contribution in [2.75, 3.05) is 0 Å². The summed E-state index contributed by atoms with van der Waals surface area (Å²) < 4.78 is 0. The van der Waals surface area contributed by atoms with Crippen molar-refractivity contribution in [1.29, 1.82) is 0 Å². The second-order valence-corrected chi connectivity index (χ2v) is 0. The van der Waals surface area contributed by atoms with E-state index in [2.05, 4.69) is 0 Å². The molecule has 0 saturated heterocycles. The van der Waals surface area contributed by atoms with Crippen molar-refractivity contribution in [3.63, 3.8) is 0 Å². The molecule has 0 bridgehead atoms. The van der Waals surface area contributed by atoms with Crippen LogP contribution in [0, 0.1) is 35.6 Å². The normalized spacial score (nSPS) is 0. The van der Waals surface area contributed by atoms with Gasteiger partial charge in [0.1, 0.15) is 0 Å². The Balaban J connectivity index is 0. The van der Waals surface area contributed by atoms with Crippen molar-refractivity contribution >= 4 is 0 Å². The summed E-state index contributed by atoms with van der Waals surface area (Å²) in [7, 11) is 0. The van der Waals surface area contributed by atoms with E-state index in [-0.39, 0.29) is 76.1 Å². The number of rotatable bonds is 0. The Kier molecular flexibility index (Phi) is 173. The van der Waals surface area contributed by atoms with Gasteiger partial charge in [-0.05, 0) is 0 Å². The van der Waals surface area contributed by atoms with E-state index in [0.717, 1.165) is 0 Å². The molecule has 0 N–H and O–H groups in total. The average molecular weight is 194 g/mol. The molecule has 0 spiro atoms. The van der Waals surface area contributed by atoms with Gasteiger partial charge >= 0.3 is 65.2 Å². The molecule has 2 nitrogen and oxygen atoms in total. The molecule has 0 unspecified atom stereocenters. The minimum Gasteiger partial charge on any atom is -2.00 e. The maximum absolute atomic E-state index is 0. The van der Waals surface area contributed by atoms with E-state index in [9.17, 15) is 0 Å². The fourth-order valence-electron chi connectivity index (χ4n) is 0. The van der Waals surface area contributed by atoms with Gasteiger partial charge in [-0.2, -0.15) is 0 Å². The van der Waals surface area contributed by atoms with Crippen molar-refractivity contribution in [3.05, 3.63) is 0 Å². The molecule has 0 atom stereocenters. The van der Waals surface area contributed by atoms with Gasteiger partial charge in [-0.1, -0.05) is 0 Å². The zero-order valence-electron chi connectivity index (χ0n) is 2.39. The monoisotopic (exact) mass is 194 g/mol. The maximum atomic E-state index is 0. The Morgan fingerprint density at radius 2 is 0.750 bits per heavy atom. The van der Waals surface area contributed by atoms with Crippen molar-refractivity contribution in [1.82, 2.24) is 0 Å². The van der Waals surface area contributed by atoms with Crippen molar-refractivity contribution in [2.24, 2.45) is 0 Å². The van der Waals surface area contributed by atoms with Crippen molar-refractivity contribution in [3.8, 4) is 0 Å². The standard InChI is InChI=1S/La.Na.2O/q+3;+1;2*-2. The maximum Gasteiger partial charge on any atom is 3.00 e. The van der Waals surface area contributed by atoms with Crippen LogP contribution in [0.15, 0.2) is 0 Å². The Hall–Kier alpha value is 2.11. The van der Waals surface area contributed by atoms with E-state index in [0.29, 0.717) is 0 Å². The van der Waals surface area contributed by atoms with E-state index in [1.165, 1.54) is 0 Å². The van der Waals surface area contributed by atoms with Gasteiger partial charge in [0.2, 0.25) is 0 Å². The summed E-state index contributed by atoms with van der Waals surface area (Å²) in [5, 5.41) is 0. The van der Waals surface area contributed by atoms with Gasteiger partial charge in [-0.3, -0.25) is 0 Å². The largest absolute Gasteiger partial charge is 3.00 e. The van der Waals surface area contributed by atoms with Gasteiger partial charge in [0.25, 0.3) is 0 Å². The molecule has 4 heteroatoms. The van der Waals surface area contributed by atoms with Crippen LogP contribution in [0.5, 0.6) is 0 Å². The third kappa shape index (κ3) is 8.93. The third-order valence-corrected chi connectivity index (χ3v) is 0. The van der Waals surface area contributed by atoms with E-state index in [4.69, 9.17) is 0 Å². The third-order valence-electron chi connectivity index (χ3n) is 0. The molecule has 0 saturated carbocycles. The van der Waals surface area contributed by atoms with Crippen molar-refractivity contribution in [2.45, 2.75) is 0 Å². The Labute approximate surface area is 74.8 Å². The topological polar surface area (TPSA) is 57.0 Å². The Bertz CT molecular complexity index is 6.00. The first kappa shape index (κ1) is 35.8.